The number of nitro groups is 1. The van der Waals surface area contributed by atoms with Crippen molar-refractivity contribution in [2.75, 3.05) is 0 Å². The molecule has 2 heterocycles. The van der Waals surface area contributed by atoms with E-state index in [1.54, 1.807) is 4.90 Å². The summed E-state index contributed by atoms with van der Waals surface area (Å²) in [5.41, 5.74) is 1.73. The van der Waals surface area contributed by atoms with E-state index in [-0.39, 0.29) is 36.0 Å². The average Bonchev–Trinajstić information content (AvgIpc) is 2.72. The van der Waals surface area contributed by atoms with Crippen molar-refractivity contribution in [1.82, 2.24) is 4.90 Å². The van der Waals surface area contributed by atoms with Gasteiger partial charge in [0.1, 0.15) is 12.4 Å². The molecule has 150 valence electrons. The monoisotopic (exact) mass is 396 g/mol. The molecule has 1 saturated heterocycles. The molecule has 0 aliphatic carbocycles. The number of nitro benzene ring substituents is 1. The average molecular weight is 396 g/mol. The fraction of sp³-hybridized carbons (Fsp3) is 0.318. The van der Waals surface area contributed by atoms with Gasteiger partial charge in [-0.15, -0.1) is 0 Å². The molecule has 0 aromatic heterocycles. The topological polar surface area (TPSA) is 72.7 Å². The molecule has 2 bridgehead atoms. The van der Waals surface area contributed by atoms with E-state index in [4.69, 9.17) is 4.74 Å². The quantitative estimate of drug-likeness (QED) is 0.534. The maximum atomic E-state index is 14.4. The van der Waals surface area contributed by atoms with E-state index in [1.807, 2.05) is 36.4 Å². The highest BCUT2D eigenvalue weighted by Gasteiger charge is 2.38. The largest absolute Gasteiger partial charge is 0.445 e. The van der Waals surface area contributed by atoms with Crippen LogP contribution in [0.15, 0.2) is 54.6 Å². The summed E-state index contributed by atoms with van der Waals surface area (Å²) in [7, 11) is 0. The van der Waals surface area contributed by atoms with Gasteiger partial charge < -0.3 is 4.74 Å². The summed E-state index contributed by atoms with van der Waals surface area (Å²) in [4.78, 5) is 25.0. The van der Waals surface area contributed by atoms with E-state index in [1.165, 1.54) is 6.07 Å². The van der Waals surface area contributed by atoms with Gasteiger partial charge >= 0.3 is 6.09 Å². The molecule has 0 radical (unpaired) electrons. The molecule has 0 N–H and O–H groups in total. The highest BCUT2D eigenvalue weighted by molar-refractivity contribution is 5.75. The summed E-state index contributed by atoms with van der Waals surface area (Å²) >= 11 is 0. The molecule has 6 nitrogen and oxygen atoms in total. The van der Waals surface area contributed by atoms with Gasteiger partial charge in [-0.1, -0.05) is 36.4 Å². The molecular weight excluding hydrogens is 375 g/mol. The second-order valence-electron chi connectivity index (χ2n) is 7.42. The molecule has 1 amide bonds. The molecule has 1 fully saturated rings. The van der Waals surface area contributed by atoms with E-state index in [9.17, 15) is 19.3 Å². The third kappa shape index (κ3) is 3.99. The Morgan fingerprint density at radius 3 is 2.72 bits per heavy atom. The zero-order chi connectivity index (χ0) is 20.4. The number of benzene rings is 2. The van der Waals surface area contributed by atoms with Crippen LogP contribution in [-0.4, -0.2) is 28.0 Å². The highest BCUT2D eigenvalue weighted by Crippen LogP contribution is 2.39. The predicted molar refractivity (Wildman–Crippen MR) is 106 cm³/mol. The van der Waals surface area contributed by atoms with Gasteiger partial charge in [-0.25, -0.2) is 9.18 Å². The van der Waals surface area contributed by atoms with Crippen molar-refractivity contribution in [2.45, 2.75) is 44.4 Å². The molecule has 7 heteroatoms. The van der Waals surface area contributed by atoms with Crippen molar-refractivity contribution < 1.29 is 18.8 Å². The first-order valence-electron chi connectivity index (χ1n) is 9.67. The van der Waals surface area contributed by atoms with Gasteiger partial charge in [-0.3, -0.25) is 15.0 Å². The number of rotatable bonds is 4. The van der Waals surface area contributed by atoms with Crippen molar-refractivity contribution in [3.05, 3.63) is 81.7 Å². The molecule has 2 aromatic rings. The maximum Gasteiger partial charge on any atom is 0.410 e. The maximum absolute atomic E-state index is 14.4. The number of piperidine rings is 1. The molecule has 4 rings (SSSR count). The first-order valence-corrected chi connectivity index (χ1v) is 9.67. The van der Waals surface area contributed by atoms with Crippen LogP contribution in [0.5, 0.6) is 0 Å². The van der Waals surface area contributed by atoms with Gasteiger partial charge in [0.15, 0.2) is 0 Å². The first-order chi connectivity index (χ1) is 14.0. The van der Waals surface area contributed by atoms with E-state index < -0.39 is 10.7 Å². The van der Waals surface area contributed by atoms with Crippen molar-refractivity contribution in [2.24, 2.45) is 0 Å². The Labute approximate surface area is 167 Å². The van der Waals surface area contributed by atoms with Crippen LogP contribution in [0.3, 0.4) is 0 Å². The SMILES string of the molecule is O=C(OCc1ccccc1)N1C2C=C(c3cc([N+](=O)[O-])ccc3F)CC1CCC2. The summed E-state index contributed by atoms with van der Waals surface area (Å²) in [6.45, 7) is 0.200. The number of non-ortho nitro benzene ring substituents is 1. The van der Waals surface area contributed by atoms with Gasteiger partial charge in [-0.05, 0) is 42.9 Å². The van der Waals surface area contributed by atoms with Crippen LogP contribution in [0, 0.1) is 15.9 Å². The summed E-state index contributed by atoms with van der Waals surface area (Å²) in [5, 5.41) is 11.1. The molecule has 2 aromatic carbocycles. The number of hydrogen-bond acceptors (Lipinski definition) is 4. The Kier molecular flexibility index (Phi) is 5.29. The zero-order valence-electron chi connectivity index (χ0n) is 15.8. The lowest BCUT2D eigenvalue weighted by molar-refractivity contribution is -0.384. The Morgan fingerprint density at radius 1 is 1.21 bits per heavy atom. The number of carbonyl (C=O) groups excluding carboxylic acids is 1. The van der Waals surface area contributed by atoms with Crippen LogP contribution in [0.1, 0.15) is 36.8 Å². The number of fused-ring (bicyclic) bond motifs is 2. The second-order valence-corrected chi connectivity index (χ2v) is 7.42. The second kappa shape index (κ2) is 8.03. The third-order valence-electron chi connectivity index (χ3n) is 5.56. The lowest BCUT2D eigenvalue weighted by Gasteiger charge is -2.44. The fourth-order valence-corrected chi connectivity index (χ4v) is 4.18. The number of carbonyl (C=O) groups is 1. The van der Waals surface area contributed by atoms with Crippen LogP contribution >= 0.6 is 0 Å². The van der Waals surface area contributed by atoms with Gasteiger partial charge in [0.2, 0.25) is 0 Å². The van der Waals surface area contributed by atoms with Crippen LogP contribution in [-0.2, 0) is 11.3 Å². The van der Waals surface area contributed by atoms with Crippen molar-refractivity contribution in [1.29, 1.82) is 0 Å². The Morgan fingerprint density at radius 2 is 2.00 bits per heavy atom. The minimum Gasteiger partial charge on any atom is -0.445 e. The zero-order valence-corrected chi connectivity index (χ0v) is 15.8. The standard InChI is InChI=1S/C22H21FN2O4/c23-21-10-9-19(25(27)28)13-20(21)16-11-17-7-4-8-18(12-16)24(17)22(26)29-14-15-5-2-1-3-6-15/h1-3,5-6,9-11,13,17-18H,4,7-8,12,14H2. The van der Waals surface area contributed by atoms with Crippen LogP contribution in [0.2, 0.25) is 0 Å². The summed E-state index contributed by atoms with van der Waals surface area (Å²) in [5.74, 6) is -0.486. The predicted octanol–water partition coefficient (Wildman–Crippen LogP) is 5.08. The Bertz CT molecular complexity index is 961. The van der Waals surface area contributed by atoms with Gasteiger partial charge in [0, 0.05) is 23.7 Å². The van der Waals surface area contributed by atoms with Crippen molar-refractivity contribution in [3.8, 4) is 0 Å². The normalized spacial score (nSPS) is 20.7. The van der Waals surface area contributed by atoms with Gasteiger partial charge in [-0.2, -0.15) is 0 Å². The third-order valence-corrected chi connectivity index (χ3v) is 5.56. The van der Waals surface area contributed by atoms with E-state index in [0.29, 0.717) is 12.0 Å². The van der Waals surface area contributed by atoms with Crippen LogP contribution in [0.4, 0.5) is 14.9 Å². The molecule has 2 aliphatic heterocycles. The molecular formula is C22H21FN2O4. The number of amides is 1. The molecule has 0 spiro atoms. The molecule has 29 heavy (non-hydrogen) atoms. The Hall–Kier alpha value is -3.22. The Balaban J connectivity index is 1.55. The molecule has 2 atom stereocenters. The number of nitrogens with zero attached hydrogens (tertiary/aromatic N) is 2. The smallest absolute Gasteiger partial charge is 0.410 e. The summed E-state index contributed by atoms with van der Waals surface area (Å²) in [6, 6.07) is 12.7. The van der Waals surface area contributed by atoms with Gasteiger partial charge in [0.05, 0.1) is 11.0 Å². The fourth-order valence-electron chi connectivity index (χ4n) is 4.18. The first kappa shape index (κ1) is 19.1. The van der Waals surface area contributed by atoms with Gasteiger partial charge in [0.25, 0.3) is 5.69 Å². The number of ether oxygens (including phenoxy) is 1. The molecule has 2 aliphatic rings. The summed E-state index contributed by atoms with van der Waals surface area (Å²) < 4.78 is 19.9. The van der Waals surface area contributed by atoms with Crippen molar-refractivity contribution >= 4 is 17.4 Å². The molecule has 0 saturated carbocycles. The van der Waals surface area contributed by atoms with Crippen molar-refractivity contribution in [3.63, 3.8) is 0 Å². The minimum absolute atomic E-state index is 0.101. The number of hydrogen-bond donors (Lipinski definition) is 0. The lowest BCUT2D eigenvalue weighted by atomic mass is 9.83. The summed E-state index contributed by atoms with van der Waals surface area (Å²) in [6.07, 6.45) is 4.47. The van der Waals surface area contributed by atoms with E-state index in [2.05, 4.69) is 0 Å². The molecule has 2 unspecified atom stereocenters. The van der Waals surface area contributed by atoms with Crippen LogP contribution in [0.25, 0.3) is 5.57 Å². The number of halogens is 1. The highest BCUT2D eigenvalue weighted by atomic mass is 19.1. The lowest BCUT2D eigenvalue weighted by Crippen LogP contribution is -2.51. The van der Waals surface area contributed by atoms with E-state index >= 15 is 0 Å². The van der Waals surface area contributed by atoms with E-state index in [0.717, 1.165) is 37.0 Å². The minimum atomic E-state index is -0.527. The van der Waals surface area contributed by atoms with Crippen LogP contribution < -0.4 is 0 Å².